The maximum Gasteiger partial charge on any atom is 0.150 e. The van der Waals surface area contributed by atoms with Gasteiger partial charge in [0.05, 0.1) is 11.1 Å². The summed E-state index contributed by atoms with van der Waals surface area (Å²) in [4.78, 5) is 11.7. The van der Waals surface area contributed by atoms with E-state index in [0.717, 1.165) is 12.8 Å². The number of ketones is 1. The van der Waals surface area contributed by atoms with Gasteiger partial charge in [0, 0.05) is 6.42 Å². The maximum atomic E-state index is 13.5. The van der Waals surface area contributed by atoms with Crippen LogP contribution in [0.1, 0.15) is 24.8 Å². The standard InChI is InChI=1S/C13H15ClFNO/c14-10-3-1-2-8(12(10)15)6-7-11(17)13(16)9-4-5-9/h1-3,9,13H,4-7,16H2/t13-/m0/s1. The lowest BCUT2D eigenvalue weighted by molar-refractivity contribution is -0.120. The summed E-state index contributed by atoms with van der Waals surface area (Å²) in [6.45, 7) is 0. The van der Waals surface area contributed by atoms with Crippen LogP contribution in [-0.4, -0.2) is 11.8 Å². The number of halogens is 2. The predicted molar refractivity (Wildman–Crippen MR) is 65.4 cm³/mol. The van der Waals surface area contributed by atoms with E-state index in [9.17, 15) is 9.18 Å². The molecule has 1 aliphatic carbocycles. The first-order valence-corrected chi connectivity index (χ1v) is 6.18. The maximum absolute atomic E-state index is 13.5. The Hall–Kier alpha value is -0.930. The van der Waals surface area contributed by atoms with Crippen molar-refractivity contribution in [3.05, 3.63) is 34.6 Å². The Kier molecular flexibility index (Phi) is 3.79. The monoisotopic (exact) mass is 255 g/mol. The Bertz CT molecular complexity index is 431. The van der Waals surface area contributed by atoms with Crippen molar-refractivity contribution in [1.82, 2.24) is 0 Å². The molecule has 0 bridgehead atoms. The molecule has 0 radical (unpaired) electrons. The third kappa shape index (κ3) is 3.05. The van der Waals surface area contributed by atoms with Crippen LogP contribution >= 0.6 is 11.6 Å². The fourth-order valence-electron chi connectivity index (χ4n) is 1.88. The molecule has 4 heteroatoms. The highest BCUT2D eigenvalue weighted by Crippen LogP contribution is 2.32. The van der Waals surface area contributed by atoms with Gasteiger partial charge in [-0.2, -0.15) is 0 Å². The van der Waals surface area contributed by atoms with Crippen molar-refractivity contribution < 1.29 is 9.18 Å². The third-order valence-electron chi connectivity index (χ3n) is 3.17. The smallest absolute Gasteiger partial charge is 0.150 e. The van der Waals surface area contributed by atoms with Crippen LogP contribution in [0.2, 0.25) is 5.02 Å². The fourth-order valence-corrected chi connectivity index (χ4v) is 2.08. The molecule has 1 aliphatic rings. The number of hydrogen-bond donors (Lipinski definition) is 1. The zero-order valence-electron chi connectivity index (χ0n) is 9.46. The lowest BCUT2D eigenvalue weighted by atomic mass is 10.0. The molecule has 1 aromatic carbocycles. The second-order valence-corrected chi connectivity index (χ2v) is 4.95. The summed E-state index contributed by atoms with van der Waals surface area (Å²) in [5.41, 5.74) is 6.27. The second-order valence-electron chi connectivity index (χ2n) is 4.54. The molecule has 0 saturated heterocycles. The van der Waals surface area contributed by atoms with Gasteiger partial charge in [0.2, 0.25) is 0 Å². The molecule has 1 aromatic rings. The summed E-state index contributed by atoms with van der Waals surface area (Å²) in [5.74, 6) is -0.0551. The Balaban J connectivity index is 1.93. The van der Waals surface area contributed by atoms with Gasteiger partial charge in [0.25, 0.3) is 0 Å². The van der Waals surface area contributed by atoms with Crippen LogP contribution < -0.4 is 5.73 Å². The van der Waals surface area contributed by atoms with Crippen molar-refractivity contribution in [2.45, 2.75) is 31.7 Å². The summed E-state index contributed by atoms with van der Waals surface area (Å²) in [5, 5.41) is 0.0986. The number of carbonyl (C=O) groups excluding carboxylic acids is 1. The van der Waals surface area contributed by atoms with Crippen LogP contribution in [0.4, 0.5) is 4.39 Å². The first-order chi connectivity index (χ1) is 8.09. The van der Waals surface area contributed by atoms with E-state index >= 15 is 0 Å². The fraction of sp³-hybridized carbons (Fsp3) is 0.462. The van der Waals surface area contributed by atoms with Crippen LogP contribution in [0.3, 0.4) is 0 Å². The summed E-state index contributed by atoms with van der Waals surface area (Å²) >= 11 is 5.67. The van der Waals surface area contributed by atoms with E-state index in [1.165, 1.54) is 6.07 Å². The van der Waals surface area contributed by atoms with Crippen LogP contribution in [0.15, 0.2) is 18.2 Å². The lowest BCUT2D eigenvalue weighted by Gasteiger charge is -2.09. The third-order valence-corrected chi connectivity index (χ3v) is 3.47. The van der Waals surface area contributed by atoms with E-state index in [1.54, 1.807) is 12.1 Å². The average molecular weight is 256 g/mol. The summed E-state index contributed by atoms with van der Waals surface area (Å²) in [6, 6.07) is 4.47. The number of carbonyl (C=O) groups is 1. The van der Waals surface area contributed by atoms with Crippen molar-refractivity contribution in [3.8, 4) is 0 Å². The summed E-state index contributed by atoms with van der Waals surface area (Å²) in [7, 11) is 0. The van der Waals surface area contributed by atoms with Gasteiger partial charge in [-0.1, -0.05) is 23.7 Å². The molecule has 1 atom stereocenters. The largest absolute Gasteiger partial charge is 0.321 e. The second kappa shape index (κ2) is 5.15. The quantitative estimate of drug-likeness (QED) is 0.879. The molecular formula is C13H15ClFNO. The molecule has 0 aromatic heterocycles. The number of Topliss-reactive ketones (excluding diaryl/α,β-unsaturated/α-hetero) is 1. The molecule has 1 fully saturated rings. The van der Waals surface area contributed by atoms with Crippen molar-refractivity contribution in [3.63, 3.8) is 0 Å². The molecule has 0 heterocycles. The molecule has 0 unspecified atom stereocenters. The molecule has 0 spiro atoms. The van der Waals surface area contributed by atoms with Crippen molar-refractivity contribution in [2.24, 2.45) is 11.7 Å². The Morgan fingerprint density at radius 3 is 2.88 bits per heavy atom. The zero-order valence-corrected chi connectivity index (χ0v) is 10.2. The number of benzene rings is 1. The average Bonchev–Trinajstić information content (AvgIpc) is 3.13. The zero-order chi connectivity index (χ0) is 12.4. The van der Waals surface area contributed by atoms with E-state index in [0.29, 0.717) is 17.9 Å². The highest BCUT2D eigenvalue weighted by atomic mass is 35.5. The number of nitrogens with two attached hydrogens (primary N) is 1. The van der Waals surface area contributed by atoms with Gasteiger partial charge in [-0.25, -0.2) is 4.39 Å². The number of aryl methyl sites for hydroxylation is 1. The summed E-state index contributed by atoms with van der Waals surface area (Å²) < 4.78 is 13.5. The normalized spacial score (nSPS) is 16.9. The van der Waals surface area contributed by atoms with E-state index in [-0.39, 0.29) is 23.3 Å². The van der Waals surface area contributed by atoms with Crippen molar-refractivity contribution >= 4 is 17.4 Å². The molecule has 2 N–H and O–H groups in total. The minimum Gasteiger partial charge on any atom is -0.321 e. The van der Waals surface area contributed by atoms with Crippen LogP contribution in [0.5, 0.6) is 0 Å². The van der Waals surface area contributed by atoms with E-state index in [4.69, 9.17) is 17.3 Å². The van der Waals surface area contributed by atoms with Crippen LogP contribution in [0, 0.1) is 11.7 Å². The minimum atomic E-state index is -0.429. The SMILES string of the molecule is N[C@H](C(=O)CCc1cccc(Cl)c1F)C1CC1. The van der Waals surface area contributed by atoms with Gasteiger partial charge < -0.3 is 5.73 Å². The van der Waals surface area contributed by atoms with E-state index in [1.807, 2.05) is 0 Å². The van der Waals surface area contributed by atoms with Crippen molar-refractivity contribution in [2.75, 3.05) is 0 Å². The molecule has 92 valence electrons. The number of rotatable bonds is 5. The molecule has 2 rings (SSSR count). The lowest BCUT2D eigenvalue weighted by Crippen LogP contribution is -2.32. The molecule has 2 nitrogen and oxygen atoms in total. The predicted octanol–water partition coefficient (Wildman–Crippen LogP) is 2.72. The Morgan fingerprint density at radius 1 is 1.53 bits per heavy atom. The first kappa shape index (κ1) is 12.5. The van der Waals surface area contributed by atoms with E-state index in [2.05, 4.69) is 0 Å². The topological polar surface area (TPSA) is 43.1 Å². The van der Waals surface area contributed by atoms with Gasteiger partial charge in [-0.15, -0.1) is 0 Å². The first-order valence-electron chi connectivity index (χ1n) is 5.81. The van der Waals surface area contributed by atoms with Gasteiger partial charge in [-0.05, 0) is 36.8 Å². The van der Waals surface area contributed by atoms with Gasteiger partial charge in [0.15, 0.2) is 0 Å². The highest BCUT2D eigenvalue weighted by molar-refractivity contribution is 6.30. The Morgan fingerprint density at radius 2 is 2.24 bits per heavy atom. The number of hydrogen-bond acceptors (Lipinski definition) is 2. The Labute approximate surface area is 105 Å². The minimum absolute atomic E-state index is 0.0203. The molecule has 0 amide bonds. The molecule has 1 saturated carbocycles. The van der Waals surface area contributed by atoms with Gasteiger partial charge >= 0.3 is 0 Å². The van der Waals surface area contributed by atoms with E-state index < -0.39 is 5.82 Å². The summed E-state index contributed by atoms with van der Waals surface area (Å²) in [6.07, 6.45) is 2.73. The molecular weight excluding hydrogens is 241 g/mol. The van der Waals surface area contributed by atoms with Crippen LogP contribution in [0.25, 0.3) is 0 Å². The van der Waals surface area contributed by atoms with Gasteiger partial charge in [-0.3, -0.25) is 4.79 Å². The van der Waals surface area contributed by atoms with Crippen LogP contribution in [-0.2, 0) is 11.2 Å². The molecule has 0 aliphatic heterocycles. The van der Waals surface area contributed by atoms with Crippen molar-refractivity contribution in [1.29, 1.82) is 0 Å². The highest BCUT2D eigenvalue weighted by Gasteiger charge is 2.32. The molecule has 17 heavy (non-hydrogen) atoms. The van der Waals surface area contributed by atoms with Gasteiger partial charge in [0.1, 0.15) is 11.6 Å².